The van der Waals surface area contributed by atoms with Gasteiger partial charge in [0.25, 0.3) is 5.56 Å². The fourth-order valence-corrected chi connectivity index (χ4v) is 6.69. The Labute approximate surface area is 212 Å². The Morgan fingerprint density at radius 2 is 2.00 bits per heavy atom. The predicted molar refractivity (Wildman–Crippen MR) is 144 cm³/mol. The van der Waals surface area contributed by atoms with Crippen molar-refractivity contribution >= 4 is 44.9 Å². The van der Waals surface area contributed by atoms with E-state index in [1.165, 1.54) is 22.2 Å². The zero-order valence-electron chi connectivity index (χ0n) is 20.0. The summed E-state index contributed by atoms with van der Waals surface area (Å²) in [7, 11) is 1.59. The normalized spacial score (nSPS) is 13.0. The predicted octanol–water partition coefficient (Wildman–Crippen LogP) is 5.68. The Hall–Kier alpha value is -3.10. The van der Waals surface area contributed by atoms with Crippen LogP contribution in [0.1, 0.15) is 34.4 Å². The molecule has 0 saturated carbocycles. The Kier molecular flexibility index (Phi) is 6.67. The highest BCUT2D eigenvalue weighted by molar-refractivity contribution is 7.99. The molecular formula is C27H27N3O3S2. The first-order valence-electron chi connectivity index (χ1n) is 11.7. The van der Waals surface area contributed by atoms with Crippen LogP contribution in [0, 0.1) is 13.8 Å². The number of carbonyl (C=O) groups is 1. The van der Waals surface area contributed by atoms with Crippen molar-refractivity contribution in [1.82, 2.24) is 9.55 Å². The summed E-state index contributed by atoms with van der Waals surface area (Å²) in [6, 6.07) is 13.3. The van der Waals surface area contributed by atoms with Gasteiger partial charge in [0.1, 0.15) is 10.6 Å². The van der Waals surface area contributed by atoms with Crippen LogP contribution in [0.25, 0.3) is 15.9 Å². The number of rotatable bonds is 6. The van der Waals surface area contributed by atoms with Gasteiger partial charge in [0, 0.05) is 16.6 Å². The highest BCUT2D eigenvalue weighted by Crippen LogP contribution is 2.35. The van der Waals surface area contributed by atoms with Gasteiger partial charge in [0.05, 0.1) is 23.9 Å². The number of anilines is 1. The Bertz CT molecular complexity index is 1490. The second-order valence-corrected chi connectivity index (χ2v) is 10.8. The molecule has 0 saturated heterocycles. The summed E-state index contributed by atoms with van der Waals surface area (Å²) in [5, 5.41) is 4.19. The molecule has 2 aromatic carbocycles. The van der Waals surface area contributed by atoms with Crippen molar-refractivity contribution in [2.45, 2.75) is 44.7 Å². The standard InChI is InChI=1S/C27H27N3O3S2/c1-16-11-12-21(17(2)13-16)30-26(32)24-20-9-4-5-10-22(20)35-25(24)29-27(30)34-15-23(31)28-18-7-6-8-19(14-18)33-3/h6-8,11-14H,4-5,9-10,15H2,1-3H3,(H,28,31). The molecule has 0 atom stereocenters. The number of hydrogen-bond donors (Lipinski definition) is 1. The Morgan fingerprint density at radius 3 is 2.80 bits per heavy atom. The van der Waals surface area contributed by atoms with E-state index in [1.54, 1.807) is 29.1 Å². The smallest absolute Gasteiger partial charge is 0.267 e. The van der Waals surface area contributed by atoms with E-state index >= 15 is 0 Å². The van der Waals surface area contributed by atoms with Crippen molar-refractivity contribution in [2.75, 3.05) is 18.2 Å². The van der Waals surface area contributed by atoms with Gasteiger partial charge in [0.2, 0.25) is 5.91 Å². The lowest BCUT2D eigenvalue weighted by atomic mass is 9.97. The average molecular weight is 506 g/mol. The van der Waals surface area contributed by atoms with E-state index in [0.29, 0.717) is 16.6 Å². The molecule has 6 nitrogen and oxygen atoms in total. The molecule has 5 rings (SSSR count). The summed E-state index contributed by atoms with van der Waals surface area (Å²) in [6.45, 7) is 4.04. The lowest BCUT2D eigenvalue weighted by Gasteiger charge is -2.16. The number of thioether (sulfide) groups is 1. The van der Waals surface area contributed by atoms with Crippen molar-refractivity contribution in [3.8, 4) is 11.4 Å². The minimum absolute atomic E-state index is 0.0444. The quantitative estimate of drug-likeness (QED) is 0.270. The summed E-state index contributed by atoms with van der Waals surface area (Å²) >= 11 is 2.91. The number of nitrogens with one attached hydrogen (secondary N) is 1. The lowest BCUT2D eigenvalue weighted by Crippen LogP contribution is -2.24. The lowest BCUT2D eigenvalue weighted by molar-refractivity contribution is -0.113. The average Bonchev–Trinajstić information content (AvgIpc) is 3.22. The van der Waals surface area contributed by atoms with Crippen LogP contribution in [0.4, 0.5) is 5.69 Å². The van der Waals surface area contributed by atoms with Gasteiger partial charge in [0.15, 0.2) is 5.16 Å². The van der Waals surface area contributed by atoms with Crippen LogP contribution in [0.2, 0.25) is 0 Å². The van der Waals surface area contributed by atoms with Crippen molar-refractivity contribution in [3.63, 3.8) is 0 Å². The molecule has 1 aliphatic rings. The molecule has 1 amide bonds. The molecular weight excluding hydrogens is 478 g/mol. The molecule has 4 aromatic rings. The van der Waals surface area contributed by atoms with E-state index in [9.17, 15) is 9.59 Å². The van der Waals surface area contributed by atoms with E-state index in [4.69, 9.17) is 9.72 Å². The summed E-state index contributed by atoms with van der Waals surface area (Å²) in [6.07, 6.45) is 4.18. The monoisotopic (exact) mass is 505 g/mol. The Balaban J connectivity index is 1.53. The van der Waals surface area contributed by atoms with Crippen molar-refractivity contribution in [3.05, 3.63) is 74.4 Å². The fraction of sp³-hybridized carbons (Fsp3) is 0.296. The molecule has 1 aliphatic carbocycles. The number of aryl methyl sites for hydroxylation is 4. The number of hydrogen-bond acceptors (Lipinski definition) is 6. The van der Waals surface area contributed by atoms with E-state index in [0.717, 1.165) is 52.7 Å². The van der Waals surface area contributed by atoms with Gasteiger partial charge in [-0.25, -0.2) is 4.98 Å². The number of thiophene rings is 1. The topological polar surface area (TPSA) is 73.2 Å². The van der Waals surface area contributed by atoms with Crippen molar-refractivity contribution in [1.29, 1.82) is 0 Å². The molecule has 35 heavy (non-hydrogen) atoms. The number of fused-ring (bicyclic) bond motifs is 3. The number of benzene rings is 2. The maximum Gasteiger partial charge on any atom is 0.267 e. The number of methoxy groups -OCH3 is 1. The molecule has 8 heteroatoms. The molecule has 0 bridgehead atoms. The summed E-state index contributed by atoms with van der Waals surface area (Å²) in [4.78, 5) is 33.7. The zero-order chi connectivity index (χ0) is 24.5. The SMILES string of the molecule is COc1cccc(NC(=O)CSc2nc3sc4c(c3c(=O)n2-c2ccc(C)cc2C)CCCC4)c1. The van der Waals surface area contributed by atoms with Gasteiger partial charge in [-0.3, -0.25) is 14.2 Å². The molecule has 0 fully saturated rings. The molecule has 0 radical (unpaired) electrons. The summed E-state index contributed by atoms with van der Waals surface area (Å²) < 4.78 is 6.93. The van der Waals surface area contributed by atoms with Gasteiger partial charge in [-0.1, -0.05) is 35.5 Å². The third-order valence-corrected chi connectivity index (χ3v) is 8.36. The number of ether oxygens (including phenoxy) is 1. The van der Waals surface area contributed by atoms with Gasteiger partial charge < -0.3 is 10.1 Å². The molecule has 2 heterocycles. The van der Waals surface area contributed by atoms with Crippen molar-refractivity contribution in [2.24, 2.45) is 0 Å². The summed E-state index contributed by atoms with van der Waals surface area (Å²) in [5.74, 6) is 0.633. The molecule has 0 spiro atoms. The van der Waals surface area contributed by atoms with Gasteiger partial charge >= 0.3 is 0 Å². The fourth-order valence-electron chi connectivity index (χ4n) is 4.58. The first-order chi connectivity index (χ1) is 16.9. The van der Waals surface area contributed by atoms with E-state index in [2.05, 4.69) is 11.4 Å². The maximum atomic E-state index is 13.9. The third kappa shape index (κ3) is 4.73. The molecule has 0 unspecified atom stereocenters. The first kappa shape index (κ1) is 23.6. The zero-order valence-corrected chi connectivity index (χ0v) is 21.6. The molecule has 180 valence electrons. The second-order valence-electron chi connectivity index (χ2n) is 8.78. The second kappa shape index (κ2) is 9.87. The minimum atomic E-state index is -0.171. The number of nitrogens with zero attached hydrogens (tertiary/aromatic N) is 2. The van der Waals surface area contributed by atoms with E-state index < -0.39 is 0 Å². The molecule has 1 N–H and O–H groups in total. The minimum Gasteiger partial charge on any atom is -0.497 e. The van der Waals surface area contributed by atoms with Crippen LogP contribution >= 0.6 is 23.1 Å². The van der Waals surface area contributed by atoms with E-state index in [-0.39, 0.29) is 17.2 Å². The molecule has 0 aliphatic heterocycles. The molecule has 2 aromatic heterocycles. The Morgan fingerprint density at radius 1 is 1.17 bits per heavy atom. The van der Waals surface area contributed by atoms with Gasteiger partial charge in [-0.15, -0.1) is 11.3 Å². The van der Waals surface area contributed by atoms with Gasteiger partial charge in [-0.05, 0) is 68.9 Å². The van der Waals surface area contributed by atoms with Crippen LogP contribution < -0.4 is 15.6 Å². The largest absolute Gasteiger partial charge is 0.497 e. The van der Waals surface area contributed by atoms with Gasteiger partial charge in [-0.2, -0.15) is 0 Å². The van der Waals surface area contributed by atoms with Crippen LogP contribution in [0.5, 0.6) is 5.75 Å². The third-order valence-electron chi connectivity index (χ3n) is 6.24. The van der Waals surface area contributed by atoms with Crippen LogP contribution in [-0.2, 0) is 17.6 Å². The number of carbonyl (C=O) groups excluding carboxylic acids is 1. The summed E-state index contributed by atoms with van der Waals surface area (Å²) in [5.41, 5.74) is 4.72. The number of amides is 1. The van der Waals surface area contributed by atoms with Crippen LogP contribution in [0.3, 0.4) is 0 Å². The van der Waals surface area contributed by atoms with Crippen molar-refractivity contribution < 1.29 is 9.53 Å². The van der Waals surface area contributed by atoms with E-state index in [1.807, 2.05) is 44.2 Å². The highest BCUT2D eigenvalue weighted by Gasteiger charge is 2.23. The maximum absolute atomic E-state index is 13.9. The van der Waals surface area contributed by atoms with Crippen LogP contribution in [0.15, 0.2) is 52.4 Å². The highest BCUT2D eigenvalue weighted by atomic mass is 32.2. The number of aromatic nitrogens is 2. The van der Waals surface area contributed by atoms with Crippen LogP contribution in [-0.4, -0.2) is 28.3 Å². The first-order valence-corrected chi connectivity index (χ1v) is 13.5.